The first-order valence-electron chi connectivity index (χ1n) is 9.56. The van der Waals surface area contributed by atoms with Crippen LogP contribution in [-0.4, -0.2) is 38.7 Å². The summed E-state index contributed by atoms with van der Waals surface area (Å²) in [6.45, 7) is 10.1. The standard InChI is InChI=1S/C20H28N4O/c1-13-17-15(19(25)23-10-6-5-7-11-23)12-16(14-8-9-14)21-18(17)24(22-13)20(2,3)4/h12,14H,5-11H2,1-4H3. The molecule has 2 aromatic heterocycles. The number of likely N-dealkylation sites (tertiary alicyclic amines) is 1. The van der Waals surface area contributed by atoms with Gasteiger partial charge in [0.2, 0.25) is 0 Å². The zero-order valence-corrected chi connectivity index (χ0v) is 15.8. The molecule has 4 rings (SSSR count). The average Bonchev–Trinajstić information content (AvgIpc) is 3.37. The van der Waals surface area contributed by atoms with Crippen LogP contribution in [0.1, 0.15) is 80.5 Å². The predicted molar refractivity (Wildman–Crippen MR) is 99.0 cm³/mol. The molecule has 134 valence electrons. The summed E-state index contributed by atoms with van der Waals surface area (Å²) in [6, 6.07) is 2.05. The number of hydrogen-bond donors (Lipinski definition) is 0. The number of nitrogens with zero attached hydrogens (tertiary/aromatic N) is 4. The second kappa shape index (κ2) is 5.82. The van der Waals surface area contributed by atoms with Crippen LogP contribution in [-0.2, 0) is 5.54 Å². The van der Waals surface area contributed by atoms with Gasteiger partial charge in [-0.25, -0.2) is 9.67 Å². The van der Waals surface area contributed by atoms with Crippen molar-refractivity contribution in [3.05, 3.63) is 23.0 Å². The van der Waals surface area contributed by atoms with Gasteiger partial charge in [-0.3, -0.25) is 4.79 Å². The van der Waals surface area contributed by atoms with Crippen molar-refractivity contribution in [1.82, 2.24) is 19.7 Å². The molecule has 2 fully saturated rings. The minimum Gasteiger partial charge on any atom is -0.339 e. The maximum Gasteiger partial charge on any atom is 0.254 e. The van der Waals surface area contributed by atoms with Crippen molar-refractivity contribution in [2.45, 2.75) is 71.3 Å². The first kappa shape index (κ1) is 16.6. The van der Waals surface area contributed by atoms with Gasteiger partial charge >= 0.3 is 0 Å². The molecule has 0 atom stereocenters. The number of carbonyl (C=O) groups is 1. The monoisotopic (exact) mass is 340 g/mol. The van der Waals surface area contributed by atoms with E-state index < -0.39 is 0 Å². The van der Waals surface area contributed by atoms with E-state index in [4.69, 9.17) is 10.1 Å². The van der Waals surface area contributed by atoms with Crippen molar-refractivity contribution in [3.63, 3.8) is 0 Å². The lowest BCUT2D eigenvalue weighted by atomic mass is 10.0. The van der Waals surface area contributed by atoms with E-state index in [1.54, 1.807) is 0 Å². The Kier molecular flexibility index (Phi) is 3.85. The van der Waals surface area contributed by atoms with Crippen LogP contribution in [0.15, 0.2) is 6.07 Å². The third-order valence-electron chi connectivity index (χ3n) is 5.34. The molecule has 5 heteroatoms. The highest BCUT2D eigenvalue weighted by Crippen LogP contribution is 2.41. The average molecular weight is 340 g/mol. The highest BCUT2D eigenvalue weighted by Gasteiger charge is 2.31. The zero-order chi connectivity index (χ0) is 17.8. The highest BCUT2D eigenvalue weighted by atomic mass is 16.2. The minimum absolute atomic E-state index is 0.158. The van der Waals surface area contributed by atoms with E-state index in [1.807, 2.05) is 16.5 Å². The van der Waals surface area contributed by atoms with Gasteiger partial charge in [-0.2, -0.15) is 5.10 Å². The largest absolute Gasteiger partial charge is 0.339 e. The molecule has 1 aliphatic carbocycles. The van der Waals surface area contributed by atoms with Gasteiger partial charge in [-0.1, -0.05) is 0 Å². The third kappa shape index (κ3) is 2.94. The molecule has 0 N–H and O–H groups in total. The van der Waals surface area contributed by atoms with Crippen molar-refractivity contribution in [2.75, 3.05) is 13.1 Å². The lowest BCUT2D eigenvalue weighted by Crippen LogP contribution is -2.35. The molecule has 0 radical (unpaired) electrons. The van der Waals surface area contributed by atoms with Crippen LogP contribution in [0.25, 0.3) is 11.0 Å². The molecular formula is C20H28N4O. The van der Waals surface area contributed by atoms with Gasteiger partial charge in [-0.05, 0) is 65.9 Å². The Bertz CT molecular complexity index is 820. The molecule has 2 aromatic rings. The van der Waals surface area contributed by atoms with Crippen LogP contribution < -0.4 is 0 Å². The van der Waals surface area contributed by atoms with Crippen molar-refractivity contribution < 1.29 is 4.79 Å². The van der Waals surface area contributed by atoms with Crippen molar-refractivity contribution in [1.29, 1.82) is 0 Å². The van der Waals surface area contributed by atoms with Crippen LogP contribution in [0.2, 0.25) is 0 Å². The summed E-state index contributed by atoms with van der Waals surface area (Å²) >= 11 is 0. The molecule has 1 amide bonds. The molecule has 1 aliphatic heterocycles. The van der Waals surface area contributed by atoms with Gasteiger partial charge < -0.3 is 4.90 Å². The van der Waals surface area contributed by atoms with E-state index in [1.165, 1.54) is 19.3 Å². The summed E-state index contributed by atoms with van der Waals surface area (Å²) in [5.74, 6) is 0.673. The third-order valence-corrected chi connectivity index (χ3v) is 5.34. The summed E-state index contributed by atoms with van der Waals surface area (Å²) < 4.78 is 2.00. The highest BCUT2D eigenvalue weighted by molar-refractivity contribution is 6.06. The summed E-state index contributed by atoms with van der Waals surface area (Å²) in [5, 5.41) is 5.69. The van der Waals surface area contributed by atoms with E-state index in [9.17, 15) is 4.79 Å². The predicted octanol–water partition coefficient (Wildman–Crippen LogP) is 4.00. The molecule has 1 saturated carbocycles. The second-order valence-corrected chi connectivity index (χ2v) is 8.59. The molecule has 1 saturated heterocycles. The quantitative estimate of drug-likeness (QED) is 0.830. The van der Waals surface area contributed by atoms with Crippen molar-refractivity contribution >= 4 is 16.9 Å². The van der Waals surface area contributed by atoms with Gasteiger partial charge in [-0.15, -0.1) is 0 Å². The van der Waals surface area contributed by atoms with Gasteiger partial charge in [0.1, 0.15) is 0 Å². The fourth-order valence-corrected chi connectivity index (χ4v) is 3.80. The fraction of sp³-hybridized carbons (Fsp3) is 0.650. The number of aromatic nitrogens is 3. The van der Waals surface area contributed by atoms with E-state index in [-0.39, 0.29) is 11.4 Å². The number of amides is 1. The molecule has 2 aliphatic rings. The Morgan fingerprint density at radius 1 is 1.16 bits per heavy atom. The first-order chi connectivity index (χ1) is 11.9. The first-order valence-corrected chi connectivity index (χ1v) is 9.56. The number of hydrogen-bond acceptors (Lipinski definition) is 3. The number of aryl methyl sites for hydroxylation is 1. The van der Waals surface area contributed by atoms with Gasteiger partial charge in [0.25, 0.3) is 5.91 Å². The number of carbonyl (C=O) groups excluding carboxylic acids is 1. The Hall–Kier alpha value is -1.91. The summed E-state index contributed by atoms with van der Waals surface area (Å²) in [6.07, 6.45) is 5.80. The second-order valence-electron chi connectivity index (χ2n) is 8.59. The van der Waals surface area contributed by atoms with E-state index in [2.05, 4.69) is 26.8 Å². The van der Waals surface area contributed by atoms with Crippen molar-refractivity contribution in [3.8, 4) is 0 Å². The Labute approximate surface area is 149 Å². The summed E-state index contributed by atoms with van der Waals surface area (Å²) in [5.41, 5.74) is 3.49. The number of fused-ring (bicyclic) bond motifs is 1. The summed E-state index contributed by atoms with van der Waals surface area (Å²) in [7, 11) is 0. The molecule has 0 unspecified atom stereocenters. The van der Waals surface area contributed by atoms with Crippen LogP contribution in [0, 0.1) is 6.92 Å². The molecular weight excluding hydrogens is 312 g/mol. The smallest absolute Gasteiger partial charge is 0.254 e. The minimum atomic E-state index is -0.160. The van der Waals surface area contributed by atoms with Crippen LogP contribution in [0.5, 0.6) is 0 Å². The SMILES string of the molecule is Cc1nn(C(C)(C)C)c2nc(C3CC3)cc(C(=O)N3CCCCC3)c12. The topological polar surface area (TPSA) is 51.0 Å². The van der Waals surface area contributed by atoms with Gasteiger partial charge in [0, 0.05) is 24.7 Å². The molecule has 3 heterocycles. The van der Waals surface area contributed by atoms with E-state index >= 15 is 0 Å². The zero-order valence-electron chi connectivity index (χ0n) is 15.8. The normalized spacial score (nSPS) is 18.8. The fourth-order valence-electron chi connectivity index (χ4n) is 3.80. The Balaban J connectivity index is 1.90. The summed E-state index contributed by atoms with van der Waals surface area (Å²) in [4.78, 5) is 20.2. The van der Waals surface area contributed by atoms with Crippen LogP contribution in [0.4, 0.5) is 0 Å². The maximum atomic E-state index is 13.3. The number of pyridine rings is 1. The van der Waals surface area contributed by atoms with E-state index in [0.29, 0.717) is 5.92 Å². The molecule has 0 aromatic carbocycles. The Morgan fingerprint density at radius 2 is 1.84 bits per heavy atom. The molecule has 25 heavy (non-hydrogen) atoms. The molecule has 0 spiro atoms. The lowest BCUT2D eigenvalue weighted by molar-refractivity contribution is 0.0726. The Morgan fingerprint density at radius 3 is 2.44 bits per heavy atom. The van der Waals surface area contributed by atoms with Crippen LogP contribution >= 0.6 is 0 Å². The van der Waals surface area contributed by atoms with E-state index in [0.717, 1.165) is 53.9 Å². The van der Waals surface area contributed by atoms with Gasteiger partial charge in [0.15, 0.2) is 5.65 Å². The molecule has 0 bridgehead atoms. The van der Waals surface area contributed by atoms with Gasteiger partial charge in [0.05, 0.1) is 22.2 Å². The number of piperidine rings is 1. The maximum absolute atomic E-state index is 13.3. The van der Waals surface area contributed by atoms with Crippen LogP contribution in [0.3, 0.4) is 0 Å². The van der Waals surface area contributed by atoms with Crippen molar-refractivity contribution in [2.24, 2.45) is 0 Å². The lowest BCUT2D eigenvalue weighted by Gasteiger charge is -2.27. The molecule has 5 nitrogen and oxygen atoms in total. The number of rotatable bonds is 2.